The molecule has 4 heteroatoms. The van der Waals surface area contributed by atoms with Crippen molar-refractivity contribution in [2.75, 3.05) is 0 Å². The first kappa shape index (κ1) is 14.4. The fourth-order valence-electron chi connectivity index (χ4n) is 2.40. The van der Waals surface area contributed by atoms with Gasteiger partial charge in [0.25, 0.3) is 0 Å². The van der Waals surface area contributed by atoms with E-state index < -0.39 is 0 Å². The molecular formula is C16H21N3O. The van der Waals surface area contributed by atoms with Crippen LogP contribution in [0.4, 0.5) is 0 Å². The van der Waals surface area contributed by atoms with Crippen LogP contribution in [0.3, 0.4) is 0 Å². The fraction of sp³-hybridized carbons (Fsp3) is 0.438. The molecule has 20 heavy (non-hydrogen) atoms. The van der Waals surface area contributed by atoms with Crippen molar-refractivity contribution in [1.82, 2.24) is 15.4 Å². The summed E-state index contributed by atoms with van der Waals surface area (Å²) in [6.07, 6.45) is 2.29. The van der Waals surface area contributed by atoms with Crippen molar-refractivity contribution in [3.63, 3.8) is 0 Å². The van der Waals surface area contributed by atoms with E-state index in [0.29, 0.717) is 12.2 Å². The summed E-state index contributed by atoms with van der Waals surface area (Å²) in [5, 5.41) is 21.8. The number of hydrogen-bond donors (Lipinski definition) is 1. The monoisotopic (exact) mass is 271 g/mol. The summed E-state index contributed by atoms with van der Waals surface area (Å²) in [7, 11) is 0. The Balaban J connectivity index is 2.49. The normalized spacial score (nSPS) is 11.7. The largest absolute Gasteiger partial charge is 0.507 e. The Kier molecular flexibility index (Phi) is 3.75. The van der Waals surface area contributed by atoms with Gasteiger partial charge in [0, 0.05) is 6.42 Å². The van der Waals surface area contributed by atoms with Gasteiger partial charge in [-0.3, -0.25) is 0 Å². The molecule has 2 rings (SSSR count). The topological polar surface area (TPSA) is 58.9 Å². The Labute approximate surface area is 119 Å². The van der Waals surface area contributed by atoms with Crippen molar-refractivity contribution < 1.29 is 5.11 Å². The summed E-state index contributed by atoms with van der Waals surface area (Å²) < 4.78 is 0. The zero-order chi connectivity index (χ0) is 14.9. The summed E-state index contributed by atoms with van der Waals surface area (Å²) in [5.74, 6) is 0.389. The van der Waals surface area contributed by atoms with Crippen LogP contribution in [0.25, 0.3) is 0 Å². The Bertz CT molecular complexity index is 616. The second-order valence-electron chi connectivity index (χ2n) is 6.23. The Morgan fingerprint density at radius 1 is 1.20 bits per heavy atom. The third-order valence-electron chi connectivity index (χ3n) is 3.62. The van der Waals surface area contributed by atoms with Gasteiger partial charge in [0.1, 0.15) is 5.75 Å². The number of benzene rings is 1. The molecule has 1 aromatic heterocycles. The van der Waals surface area contributed by atoms with Crippen LogP contribution in [-0.2, 0) is 11.8 Å². The maximum atomic E-state index is 10.5. The molecule has 2 aromatic rings. The Morgan fingerprint density at radius 3 is 2.45 bits per heavy atom. The maximum Gasteiger partial charge on any atom is 0.122 e. The highest BCUT2D eigenvalue weighted by Gasteiger charge is 2.22. The molecule has 1 heterocycles. The van der Waals surface area contributed by atoms with Crippen LogP contribution in [0, 0.1) is 13.8 Å². The molecule has 0 unspecified atom stereocenters. The zero-order valence-corrected chi connectivity index (χ0v) is 12.7. The molecule has 0 aliphatic rings. The molecule has 0 saturated heterocycles. The smallest absolute Gasteiger partial charge is 0.122 e. The van der Waals surface area contributed by atoms with E-state index in [2.05, 4.69) is 49.2 Å². The summed E-state index contributed by atoms with van der Waals surface area (Å²) in [6.45, 7) is 10.4. The van der Waals surface area contributed by atoms with E-state index >= 15 is 0 Å². The number of aromatic nitrogens is 3. The van der Waals surface area contributed by atoms with E-state index in [1.165, 1.54) is 5.56 Å². The molecule has 1 N–H and O–H groups in total. The number of aromatic hydroxyl groups is 1. The molecule has 0 spiro atoms. The quantitative estimate of drug-likeness (QED) is 0.912. The van der Waals surface area contributed by atoms with Gasteiger partial charge in [-0.05, 0) is 52.8 Å². The van der Waals surface area contributed by atoms with E-state index in [1.807, 2.05) is 13.0 Å². The maximum absolute atomic E-state index is 10.5. The second-order valence-corrected chi connectivity index (χ2v) is 6.23. The average Bonchev–Trinajstić information content (AvgIpc) is 2.39. The van der Waals surface area contributed by atoms with Crippen LogP contribution in [0.1, 0.15) is 48.7 Å². The molecule has 0 bridgehead atoms. The van der Waals surface area contributed by atoms with Crippen molar-refractivity contribution in [3.05, 3.63) is 46.3 Å². The molecule has 0 atom stereocenters. The molecule has 0 aliphatic carbocycles. The number of phenolic OH excluding ortho intramolecular Hbond substituents is 1. The summed E-state index contributed by atoms with van der Waals surface area (Å²) >= 11 is 0. The lowest BCUT2D eigenvalue weighted by Crippen LogP contribution is -2.13. The molecule has 0 aliphatic heterocycles. The van der Waals surface area contributed by atoms with Gasteiger partial charge >= 0.3 is 0 Å². The van der Waals surface area contributed by atoms with Gasteiger partial charge in [-0.25, -0.2) is 0 Å². The first-order valence-electron chi connectivity index (χ1n) is 6.76. The number of hydrogen-bond acceptors (Lipinski definition) is 4. The highest BCUT2D eigenvalue weighted by Crippen LogP contribution is 2.36. The predicted molar refractivity (Wildman–Crippen MR) is 78.9 cm³/mol. The van der Waals surface area contributed by atoms with E-state index in [-0.39, 0.29) is 5.41 Å². The molecule has 1 aromatic carbocycles. The highest BCUT2D eigenvalue weighted by molar-refractivity contribution is 5.52. The minimum absolute atomic E-state index is 0.0748. The standard InChI is InChI=1S/C16H21N3O/c1-10-8-14(16(3,4)5)15(20)11(2)13(10)9-12-6-7-17-19-18-12/h6-8,20H,9H2,1-5H3. The molecule has 0 saturated carbocycles. The van der Waals surface area contributed by atoms with E-state index in [1.54, 1.807) is 6.20 Å². The van der Waals surface area contributed by atoms with Crippen molar-refractivity contribution in [1.29, 1.82) is 0 Å². The number of aryl methyl sites for hydroxylation is 1. The summed E-state index contributed by atoms with van der Waals surface area (Å²) in [4.78, 5) is 0. The van der Waals surface area contributed by atoms with Crippen molar-refractivity contribution in [2.45, 2.75) is 46.5 Å². The van der Waals surface area contributed by atoms with Crippen LogP contribution in [-0.4, -0.2) is 20.5 Å². The predicted octanol–water partition coefficient (Wildman–Crippen LogP) is 3.08. The van der Waals surface area contributed by atoms with Gasteiger partial charge in [-0.1, -0.05) is 26.8 Å². The van der Waals surface area contributed by atoms with Gasteiger partial charge in [-0.2, -0.15) is 0 Å². The summed E-state index contributed by atoms with van der Waals surface area (Å²) in [5.41, 5.74) is 4.97. The molecule has 4 nitrogen and oxygen atoms in total. The summed E-state index contributed by atoms with van der Waals surface area (Å²) in [6, 6.07) is 3.92. The Hall–Kier alpha value is -1.97. The van der Waals surface area contributed by atoms with Crippen molar-refractivity contribution in [3.8, 4) is 5.75 Å². The lowest BCUT2D eigenvalue weighted by molar-refractivity contribution is 0.441. The van der Waals surface area contributed by atoms with Crippen LogP contribution < -0.4 is 0 Å². The van der Waals surface area contributed by atoms with Crippen molar-refractivity contribution >= 4 is 0 Å². The van der Waals surface area contributed by atoms with Crippen LogP contribution in [0.2, 0.25) is 0 Å². The molecular weight excluding hydrogens is 250 g/mol. The zero-order valence-electron chi connectivity index (χ0n) is 12.7. The minimum atomic E-state index is -0.0748. The van der Waals surface area contributed by atoms with Gasteiger partial charge in [-0.15, -0.1) is 10.2 Å². The minimum Gasteiger partial charge on any atom is -0.507 e. The number of rotatable bonds is 2. The van der Waals surface area contributed by atoms with Crippen LogP contribution >= 0.6 is 0 Å². The fourth-order valence-corrected chi connectivity index (χ4v) is 2.40. The second kappa shape index (κ2) is 5.19. The Morgan fingerprint density at radius 2 is 1.90 bits per heavy atom. The van der Waals surface area contributed by atoms with E-state index in [0.717, 1.165) is 22.4 Å². The molecule has 0 amide bonds. The first-order chi connectivity index (χ1) is 9.30. The van der Waals surface area contributed by atoms with Gasteiger partial charge in [0.05, 0.1) is 11.9 Å². The molecule has 0 radical (unpaired) electrons. The lowest BCUT2D eigenvalue weighted by atomic mass is 9.82. The third kappa shape index (κ3) is 2.79. The van der Waals surface area contributed by atoms with Gasteiger partial charge in [0.2, 0.25) is 0 Å². The first-order valence-corrected chi connectivity index (χ1v) is 6.76. The van der Waals surface area contributed by atoms with Gasteiger partial charge in [0.15, 0.2) is 0 Å². The molecule has 0 fully saturated rings. The SMILES string of the molecule is Cc1cc(C(C)(C)C)c(O)c(C)c1Cc1ccnnn1. The van der Waals surface area contributed by atoms with Gasteiger partial charge < -0.3 is 5.11 Å². The van der Waals surface area contributed by atoms with Crippen LogP contribution in [0.15, 0.2) is 18.3 Å². The average molecular weight is 271 g/mol. The number of phenols is 1. The van der Waals surface area contributed by atoms with Crippen molar-refractivity contribution in [2.24, 2.45) is 0 Å². The van der Waals surface area contributed by atoms with Crippen LogP contribution in [0.5, 0.6) is 5.75 Å². The third-order valence-corrected chi connectivity index (χ3v) is 3.62. The number of nitrogens with zero attached hydrogens (tertiary/aromatic N) is 3. The molecule has 106 valence electrons. The lowest BCUT2D eigenvalue weighted by Gasteiger charge is -2.24. The van der Waals surface area contributed by atoms with E-state index in [4.69, 9.17) is 0 Å². The highest BCUT2D eigenvalue weighted by atomic mass is 16.3. The van der Waals surface area contributed by atoms with E-state index in [9.17, 15) is 5.11 Å².